The summed E-state index contributed by atoms with van der Waals surface area (Å²) in [6.07, 6.45) is 4.04. The fourth-order valence-corrected chi connectivity index (χ4v) is 2.23. The molecule has 5 heteroatoms. The second-order valence-electron chi connectivity index (χ2n) is 3.18. The van der Waals surface area contributed by atoms with E-state index >= 15 is 0 Å². The van der Waals surface area contributed by atoms with Crippen molar-refractivity contribution in [1.82, 2.24) is 5.32 Å². The minimum Gasteiger partial charge on any atom is -0.496 e. The van der Waals surface area contributed by atoms with Crippen molar-refractivity contribution in [3.63, 3.8) is 0 Å². The van der Waals surface area contributed by atoms with Crippen molar-refractivity contribution in [3.05, 3.63) is 11.8 Å². The molecule has 0 saturated heterocycles. The third-order valence-electron chi connectivity index (χ3n) is 1.89. The molecule has 1 heterocycles. The predicted octanol–water partition coefficient (Wildman–Crippen LogP) is -0.0768. The SMILES string of the molecule is CNC(CS(C)(=O)=O)C1=CCCO1. The summed E-state index contributed by atoms with van der Waals surface area (Å²) < 4.78 is 27.4. The van der Waals surface area contributed by atoms with Gasteiger partial charge in [-0.1, -0.05) is 0 Å². The van der Waals surface area contributed by atoms with Gasteiger partial charge in [0, 0.05) is 12.7 Å². The first-order valence-corrected chi connectivity index (χ1v) is 6.27. The molecule has 0 spiro atoms. The molecule has 1 aliphatic heterocycles. The summed E-state index contributed by atoms with van der Waals surface area (Å²) in [7, 11) is -1.22. The molecule has 0 bridgehead atoms. The zero-order valence-electron chi connectivity index (χ0n) is 7.91. The Morgan fingerprint density at radius 1 is 1.69 bits per heavy atom. The van der Waals surface area contributed by atoms with Crippen LogP contribution in [0, 0.1) is 0 Å². The summed E-state index contributed by atoms with van der Waals surface area (Å²) in [4.78, 5) is 0. The molecule has 0 saturated carbocycles. The lowest BCUT2D eigenvalue weighted by Crippen LogP contribution is -2.34. The molecule has 1 atom stereocenters. The molecule has 0 amide bonds. The maximum absolute atomic E-state index is 11.0. The van der Waals surface area contributed by atoms with Crippen LogP contribution in [-0.2, 0) is 14.6 Å². The average molecular weight is 205 g/mol. The van der Waals surface area contributed by atoms with Crippen molar-refractivity contribution in [2.24, 2.45) is 0 Å². The van der Waals surface area contributed by atoms with E-state index in [0.717, 1.165) is 12.2 Å². The van der Waals surface area contributed by atoms with Gasteiger partial charge in [0.1, 0.15) is 15.6 Å². The van der Waals surface area contributed by atoms with E-state index in [1.807, 2.05) is 6.08 Å². The van der Waals surface area contributed by atoms with E-state index in [1.54, 1.807) is 7.05 Å². The van der Waals surface area contributed by atoms with Gasteiger partial charge in [-0.15, -0.1) is 0 Å². The van der Waals surface area contributed by atoms with Crippen LogP contribution in [0.3, 0.4) is 0 Å². The Bertz CT molecular complexity index is 295. The fraction of sp³-hybridized carbons (Fsp3) is 0.750. The Hall–Kier alpha value is -0.550. The highest BCUT2D eigenvalue weighted by atomic mass is 32.2. The van der Waals surface area contributed by atoms with E-state index in [2.05, 4.69) is 5.32 Å². The summed E-state index contributed by atoms with van der Waals surface area (Å²) in [5.41, 5.74) is 0. The van der Waals surface area contributed by atoms with Crippen molar-refractivity contribution in [2.45, 2.75) is 12.5 Å². The monoisotopic (exact) mass is 205 g/mol. The van der Waals surface area contributed by atoms with Gasteiger partial charge < -0.3 is 10.1 Å². The molecule has 13 heavy (non-hydrogen) atoms. The number of hydrogen-bond acceptors (Lipinski definition) is 4. The highest BCUT2D eigenvalue weighted by Crippen LogP contribution is 2.14. The first kappa shape index (κ1) is 10.5. The van der Waals surface area contributed by atoms with E-state index in [-0.39, 0.29) is 11.8 Å². The van der Waals surface area contributed by atoms with Crippen LogP contribution in [0.15, 0.2) is 11.8 Å². The summed E-state index contributed by atoms with van der Waals surface area (Å²) in [6, 6.07) is -0.197. The lowest BCUT2D eigenvalue weighted by molar-refractivity contribution is 0.221. The Kier molecular flexibility index (Phi) is 3.33. The van der Waals surface area contributed by atoms with Gasteiger partial charge >= 0.3 is 0 Å². The Morgan fingerprint density at radius 3 is 2.77 bits per heavy atom. The number of hydrogen-bond donors (Lipinski definition) is 1. The molecule has 0 radical (unpaired) electrons. The lowest BCUT2D eigenvalue weighted by atomic mass is 10.2. The normalized spacial score (nSPS) is 19.4. The summed E-state index contributed by atoms with van der Waals surface area (Å²) in [5, 5.41) is 2.93. The van der Waals surface area contributed by atoms with Crippen molar-refractivity contribution in [2.75, 3.05) is 25.7 Å². The number of rotatable bonds is 4. The molecule has 4 nitrogen and oxygen atoms in total. The van der Waals surface area contributed by atoms with Crippen LogP contribution in [-0.4, -0.2) is 40.1 Å². The van der Waals surface area contributed by atoms with Crippen molar-refractivity contribution >= 4 is 9.84 Å². The van der Waals surface area contributed by atoms with E-state index in [0.29, 0.717) is 6.61 Å². The number of ether oxygens (including phenoxy) is 1. The van der Waals surface area contributed by atoms with Gasteiger partial charge in [-0.2, -0.15) is 0 Å². The Morgan fingerprint density at radius 2 is 2.38 bits per heavy atom. The third-order valence-corrected chi connectivity index (χ3v) is 2.83. The highest BCUT2D eigenvalue weighted by Gasteiger charge is 2.21. The van der Waals surface area contributed by atoms with Crippen LogP contribution in [0.1, 0.15) is 6.42 Å². The van der Waals surface area contributed by atoms with Gasteiger partial charge in [0.2, 0.25) is 0 Å². The zero-order valence-corrected chi connectivity index (χ0v) is 8.73. The number of likely N-dealkylation sites (N-methyl/N-ethyl adjacent to an activating group) is 1. The molecule has 1 N–H and O–H groups in total. The molecule has 0 aliphatic carbocycles. The van der Waals surface area contributed by atoms with Crippen LogP contribution in [0.2, 0.25) is 0 Å². The molecule has 76 valence electrons. The molecule has 0 aromatic carbocycles. The van der Waals surface area contributed by atoms with Gasteiger partial charge in [-0.25, -0.2) is 8.42 Å². The molecule has 1 aliphatic rings. The van der Waals surface area contributed by atoms with Crippen LogP contribution >= 0.6 is 0 Å². The largest absolute Gasteiger partial charge is 0.496 e. The molecule has 0 aromatic rings. The zero-order chi connectivity index (χ0) is 9.90. The van der Waals surface area contributed by atoms with Crippen LogP contribution in [0.25, 0.3) is 0 Å². The molecule has 1 rings (SSSR count). The van der Waals surface area contributed by atoms with E-state index in [9.17, 15) is 8.42 Å². The van der Waals surface area contributed by atoms with E-state index in [4.69, 9.17) is 4.74 Å². The summed E-state index contributed by atoms with van der Waals surface area (Å²) in [5.74, 6) is 0.850. The van der Waals surface area contributed by atoms with Crippen molar-refractivity contribution in [1.29, 1.82) is 0 Å². The van der Waals surface area contributed by atoms with Gasteiger partial charge in [0.25, 0.3) is 0 Å². The van der Waals surface area contributed by atoms with Gasteiger partial charge in [-0.3, -0.25) is 0 Å². The molecule has 0 fully saturated rings. The lowest BCUT2D eigenvalue weighted by Gasteiger charge is -2.15. The molecular formula is C8H15NO3S. The summed E-state index contributed by atoms with van der Waals surface area (Å²) >= 11 is 0. The maximum atomic E-state index is 11.0. The first-order valence-electron chi connectivity index (χ1n) is 4.21. The topological polar surface area (TPSA) is 55.4 Å². The maximum Gasteiger partial charge on any atom is 0.149 e. The smallest absolute Gasteiger partial charge is 0.149 e. The van der Waals surface area contributed by atoms with Crippen LogP contribution in [0.5, 0.6) is 0 Å². The average Bonchev–Trinajstić information content (AvgIpc) is 2.50. The van der Waals surface area contributed by atoms with Gasteiger partial charge in [0.05, 0.1) is 18.4 Å². The van der Waals surface area contributed by atoms with Crippen molar-refractivity contribution < 1.29 is 13.2 Å². The number of sulfone groups is 1. The third kappa shape index (κ3) is 3.36. The number of nitrogens with one attached hydrogen (secondary N) is 1. The van der Waals surface area contributed by atoms with E-state index in [1.165, 1.54) is 6.26 Å². The second-order valence-corrected chi connectivity index (χ2v) is 5.36. The predicted molar refractivity (Wildman–Crippen MR) is 51.2 cm³/mol. The van der Waals surface area contributed by atoms with E-state index < -0.39 is 9.84 Å². The standard InChI is InChI=1S/C8H15NO3S/c1-9-7(6-13(2,10)11)8-4-3-5-12-8/h4,7,9H,3,5-6H2,1-2H3. The minimum atomic E-state index is -2.96. The minimum absolute atomic E-state index is 0.0926. The fourth-order valence-electron chi connectivity index (χ4n) is 1.29. The van der Waals surface area contributed by atoms with Crippen LogP contribution in [0.4, 0.5) is 0 Å². The van der Waals surface area contributed by atoms with Crippen LogP contribution < -0.4 is 5.32 Å². The highest BCUT2D eigenvalue weighted by molar-refractivity contribution is 7.90. The Labute approximate surface area is 78.9 Å². The van der Waals surface area contributed by atoms with Gasteiger partial charge in [0.15, 0.2) is 0 Å². The first-order chi connectivity index (χ1) is 6.03. The summed E-state index contributed by atoms with van der Waals surface area (Å²) in [6.45, 7) is 0.664. The molecule has 0 aromatic heterocycles. The molecular weight excluding hydrogens is 190 g/mol. The van der Waals surface area contributed by atoms with Crippen molar-refractivity contribution in [3.8, 4) is 0 Å². The molecule has 1 unspecified atom stereocenters. The van der Waals surface area contributed by atoms with Gasteiger partial charge in [-0.05, 0) is 13.1 Å². The quantitative estimate of drug-likeness (QED) is 0.697. The Balaban J connectivity index is 2.62. The second kappa shape index (κ2) is 4.11.